The van der Waals surface area contributed by atoms with Crippen LogP contribution in [0.25, 0.3) is 0 Å². The Hall–Kier alpha value is -2.51. The van der Waals surface area contributed by atoms with E-state index in [1.54, 1.807) is 6.07 Å². The van der Waals surface area contributed by atoms with Crippen LogP contribution in [0.4, 0.5) is 5.69 Å². The molecule has 0 radical (unpaired) electrons. The normalized spacial score (nSPS) is 11.9. The Bertz CT molecular complexity index is 1040. The van der Waals surface area contributed by atoms with E-state index in [4.69, 9.17) is 16.3 Å². The van der Waals surface area contributed by atoms with Crippen LogP contribution in [-0.2, 0) is 17.8 Å². The summed E-state index contributed by atoms with van der Waals surface area (Å²) in [7, 11) is 0. The molecule has 0 aliphatic heterocycles. The number of benzene rings is 2. The van der Waals surface area contributed by atoms with E-state index in [0.29, 0.717) is 22.4 Å². The molecule has 1 N–H and O–H groups in total. The molecule has 0 saturated carbocycles. The highest BCUT2D eigenvalue weighted by molar-refractivity contribution is 7.99. The minimum absolute atomic E-state index is 0.127. The molecule has 0 spiro atoms. The average molecular weight is 459 g/mol. The SMILES string of the molecule is CCc1ccc(O[C@@H](C)c2nnc(SCC(=O)Nc3ccc(C)c(Cl)c3)n2CC)cc1. The van der Waals surface area contributed by atoms with Crippen molar-refractivity contribution in [2.24, 2.45) is 0 Å². The summed E-state index contributed by atoms with van der Waals surface area (Å²) in [4.78, 5) is 12.4. The molecule has 0 aliphatic rings. The molecule has 0 saturated heterocycles. The first kappa shape index (κ1) is 23.2. The quantitative estimate of drug-likeness (QED) is 0.417. The molecule has 1 aromatic heterocycles. The van der Waals surface area contributed by atoms with Crippen LogP contribution in [0.5, 0.6) is 5.75 Å². The van der Waals surface area contributed by atoms with Gasteiger partial charge in [-0.1, -0.05) is 48.5 Å². The maximum absolute atomic E-state index is 12.4. The summed E-state index contributed by atoms with van der Waals surface area (Å²) in [5.74, 6) is 1.62. The number of carbonyl (C=O) groups excluding carboxylic acids is 1. The molecule has 1 atom stereocenters. The number of hydrogen-bond acceptors (Lipinski definition) is 5. The van der Waals surface area contributed by atoms with Gasteiger partial charge in [-0.15, -0.1) is 10.2 Å². The first-order valence-electron chi connectivity index (χ1n) is 10.3. The van der Waals surface area contributed by atoms with E-state index < -0.39 is 0 Å². The Morgan fingerprint density at radius 3 is 2.58 bits per heavy atom. The molecule has 0 aliphatic carbocycles. The molecule has 6 nitrogen and oxygen atoms in total. The number of carbonyl (C=O) groups is 1. The second kappa shape index (κ2) is 10.7. The lowest BCUT2D eigenvalue weighted by Crippen LogP contribution is -2.15. The summed E-state index contributed by atoms with van der Waals surface area (Å²) in [5, 5.41) is 12.8. The lowest BCUT2D eigenvalue weighted by Gasteiger charge is -2.16. The predicted molar refractivity (Wildman–Crippen MR) is 126 cm³/mol. The van der Waals surface area contributed by atoms with Crippen molar-refractivity contribution in [1.82, 2.24) is 14.8 Å². The molecule has 2 aromatic carbocycles. The van der Waals surface area contributed by atoms with Crippen LogP contribution in [0.1, 0.15) is 43.8 Å². The number of aryl methyl sites for hydroxylation is 2. The van der Waals surface area contributed by atoms with Gasteiger partial charge in [0.05, 0.1) is 5.75 Å². The number of halogens is 1. The highest BCUT2D eigenvalue weighted by Gasteiger charge is 2.19. The summed E-state index contributed by atoms with van der Waals surface area (Å²) in [6, 6.07) is 13.5. The third-order valence-corrected chi connectivity index (χ3v) is 6.23. The van der Waals surface area contributed by atoms with Crippen molar-refractivity contribution in [3.8, 4) is 5.75 Å². The van der Waals surface area contributed by atoms with E-state index >= 15 is 0 Å². The van der Waals surface area contributed by atoms with Gasteiger partial charge in [0.15, 0.2) is 17.1 Å². The van der Waals surface area contributed by atoms with Crippen LogP contribution in [0.2, 0.25) is 5.02 Å². The van der Waals surface area contributed by atoms with Gasteiger partial charge >= 0.3 is 0 Å². The molecule has 0 bridgehead atoms. The number of thioether (sulfide) groups is 1. The van der Waals surface area contributed by atoms with Crippen molar-refractivity contribution in [2.45, 2.75) is 51.9 Å². The molecule has 0 fully saturated rings. The Morgan fingerprint density at radius 2 is 1.94 bits per heavy atom. The van der Waals surface area contributed by atoms with Crippen LogP contribution in [0.3, 0.4) is 0 Å². The fourth-order valence-electron chi connectivity index (χ4n) is 3.06. The molecule has 3 aromatic rings. The average Bonchev–Trinajstić information content (AvgIpc) is 3.18. The van der Waals surface area contributed by atoms with Crippen LogP contribution in [0, 0.1) is 6.92 Å². The van der Waals surface area contributed by atoms with E-state index in [1.165, 1.54) is 17.3 Å². The number of aromatic nitrogens is 3. The molecular weight excluding hydrogens is 432 g/mol. The zero-order chi connectivity index (χ0) is 22.4. The first-order chi connectivity index (χ1) is 14.9. The van der Waals surface area contributed by atoms with E-state index in [-0.39, 0.29) is 17.8 Å². The molecule has 1 amide bonds. The summed E-state index contributed by atoms with van der Waals surface area (Å²) >= 11 is 7.47. The molecular formula is C23H27ClN4O2S. The maximum Gasteiger partial charge on any atom is 0.234 e. The minimum atomic E-state index is -0.266. The zero-order valence-corrected chi connectivity index (χ0v) is 19.8. The number of nitrogens with one attached hydrogen (secondary N) is 1. The number of anilines is 1. The summed E-state index contributed by atoms with van der Waals surface area (Å²) in [6.45, 7) is 8.70. The highest BCUT2D eigenvalue weighted by atomic mass is 35.5. The number of rotatable bonds is 9. The number of ether oxygens (including phenoxy) is 1. The van der Waals surface area contributed by atoms with E-state index in [9.17, 15) is 4.79 Å². The molecule has 164 valence electrons. The second-order valence-electron chi connectivity index (χ2n) is 7.14. The Morgan fingerprint density at radius 1 is 1.19 bits per heavy atom. The maximum atomic E-state index is 12.4. The highest BCUT2D eigenvalue weighted by Crippen LogP contribution is 2.25. The summed E-state index contributed by atoms with van der Waals surface area (Å²) in [5.41, 5.74) is 2.91. The third kappa shape index (κ3) is 6.02. The van der Waals surface area contributed by atoms with Crippen molar-refractivity contribution < 1.29 is 9.53 Å². The topological polar surface area (TPSA) is 69.0 Å². The van der Waals surface area contributed by atoms with Gasteiger partial charge in [-0.05, 0) is 62.6 Å². The molecule has 31 heavy (non-hydrogen) atoms. The summed E-state index contributed by atoms with van der Waals surface area (Å²) in [6.07, 6.45) is 0.725. The second-order valence-corrected chi connectivity index (χ2v) is 8.49. The lowest BCUT2D eigenvalue weighted by atomic mass is 10.2. The standard InChI is InChI=1S/C23H27ClN4O2S/c1-5-17-8-11-19(12-9-17)30-16(4)22-26-27-23(28(22)6-2)31-14-21(29)25-18-10-7-15(3)20(24)13-18/h7-13,16H,5-6,14H2,1-4H3,(H,25,29)/t16-/m0/s1. The number of hydrogen-bond donors (Lipinski definition) is 1. The van der Waals surface area contributed by atoms with Crippen LogP contribution >= 0.6 is 23.4 Å². The van der Waals surface area contributed by atoms with Crippen molar-refractivity contribution in [2.75, 3.05) is 11.1 Å². The number of amides is 1. The van der Waals surface area contributed by atoms with Crippen molar-refractivity contribution in [1.29, 1.82) is 0 Å². The van der Waals surface area contributed by atoms with Gasteiger partial charge in [0.1, 0.15) is 5.75 Å². The molecule has 0 unspecified atom stereocenters. The van der Waals surface area contributed by atoms with Gasteiger partial charge in [0, 0.05) is 17.3 Å². The van der Waals surface area contributed by atoms with Gasteiger partial charge in [0.2, 0.25) is 5.91 Å². The van der Waals surface area contributed by atoms with Crippen LogP contribution in [-0.4, -0.2) is 26.4 Å². The van der Waals surface area contributed by atoms with Gasteiger partial charge < -0.3 is 14.6 Å². The number of nitrogens with zero attached hydrogens (tertiary/aromatic N) is 3. The lowest BCUT2D eigenvalue weighted by molar-refractivity contribution is -0.113. The van der Waals surface area contributed by atoms with Crippen molar-refractivity contribution in [3.63, 3.8) is 0 Å². The Kier molecular flexibility index (Phi) is 7.98. The minimum Gasteiger partial charge on any atom is -0.483 e. The predicted octanol–water partition coefficient (Wildman–Crippen LogP) is 5.69. The van der Waals surface area contributed by atoms with E-state index in [1.807, 2.05) is 49.6 Å². The van der Waals surface area contributed by atoms with Crippen LogP contribution in [0.15, 0.2) is 47.6 Å². The van der Waals surface area contributed by atoms with Crippen molar-refractivity contribution in [3.05, 3.63) is 64.4 Å². The monoisotopic (exact) mass is 458 g/mol. The van der Waals surface area contributed by atoms with Crippen LogP contribution < -0.4 is 10.1 Å². The molecule has 8 heteroatoms. The first-order valence-corrected chi connectivity index (χ1v) is 11.6. The van der Waals surface area contributed by atoms with Gasteiger partial charge in [-0.2, -0.15) is 0 Å². The fraction of sp³-hybridized carbons (Fsp3) is 0.348. The zero-order valence-electron chi connectivity index (χ0n) is 18.2. The van der Waals surface area contributed by atoms with E-state index in [0.717, 1.165) is 23.6 Å². The molecule has 1 heterocycles. The smallest absolute Gasteiger partial charge is 0.234 e. The van der Waals surface area contributed by atoms with Gasteiger partial charge in [-0.3, -0.25) is 4.79 Å². The Balaban J connectivity index is 1.61. The van der Waals surface area contributed by atoms with Gasteiger partial charge in [-0.25, -0.2) is 0 Å². The fourth-order valence-corrected chi connectivity index (χ4v) is 4.05. The van der Waals surface area contributed by atoms with Crippen molar-refractivity contribution >= 4 is 35.0 Å². The molecule has 3 rings (SSSR count). The third-order valence-electron chi connectivity index (χ3n) is 4.86. The summed E-state index contributed by atoms with van der Waals surface area (Å²) < 4.78 is 8.03. The largest absolute Gasteiger partial charge is 0.483 e. The Labute approximate surface area is 192 Å². The van der Waals surface area contributed by atoms with Gasteiger partial charge in [0.25, 0.3) is 0 Å². The van der Waals surface area contributed by atoms with E-state index in [2.05, 4.69) is 34.6 Å².